The summed E-state index contributed by atoms with van der Waals surface area (Å²) in [6.45, 7) is 0.848. The molecule has 1 saturated carbocycles. The molecule has 20 heavy (non-hydrogen) atoms. The topological polar surface area (TPSA) is 44.5 Å². The van der Waals surface area contributed by atoms with E-state index in [9.17, 15) is 0 Å². The van der Waals surface area contributed by atoms with Gasteiger partial charge in [0.1, 0.15) is 11.9 Å². The second kappa shape index (κ2) is 4.74. The third-order valence-electron chi connectivity index (χ3n) is 5.25. The van der Waals surface area contributed by atoms with E-state index in [0.29, 0.717) is 6.10 Å². The summed E-state index contributed by atoms with van der Waals surface area (Å²) < 4.78 is 12.2. The highest BCUT2D eigenvalue weighted by atomic mass is 16.5. The molecule has 108 valence electrons. The van der Waals surface area contributed by atoms with Crippen LogP contribution in [0, 0.1) is 0 Å². The van der Waals surface area contributed by atoms with E-state index in [1.807, 2.05) is 0 Å². The number of hydrogen-bond donors (Lipinski definition) is 1. The van der Waals surface area contributed by atoms with Crippen molar-refractivity contribution in [1.82, 2.24) is 0 Å². The van der Waals surface area contributed by atoms with Gasteiger partial charge in [-0.25, -0.2) is 0 Å². The molecule has 3 nitrogen and oxygen atoms in total. The van der Waals surface area contributed by atoms with Gasteiger partial charge in [0.05, 0.1) is 12.2 Å². The Bertz CT molecular complexity index is 510. The molecular weight excluding hydrogens is 250 g/mol. The van der Waals surface area contributed by atoms with E-state index >= 15 is 0 Å². The maximum atomic E-state index is 6.23. The van der Waals surface area contributed by atoms with Crippen molar-refractivity contribution < 1.29 is 9.47 Å². The molecule has 2 atom stereocenters. The lowest BCUT2D eigenvalue weighted by atomic mass is 9.74. The molecule has 4 rings (SSSR count). The number of fused-ring (bicyclic) bond motifs is 1. The summed E-state index contributed by atoms with van der Waals surface area (Å²) in [7, 11) is 0. The summed E-state index contributed by atoms with van der Waals surface area (Å²) in [6, 6.07) is 6.67. The van der Waals surface area contributed by atoms with Gasteiger partial charge in [-0.1, -0.05) is 6.07 Å². The summed E-state index contributed by atoms with van der Waals surface area (Å²) in [4.78, 5) is 0. The molecular formula is C17H23NO2. The first-order valence-electron chi connectivity index (χ1n) is 7.93. The van der Waals surface area contributed by atoms with Crippen LogP contribution in [0.5, 0.6) is 5.75 Å². The zero-order valence-electron chi connectivity index (χ0n) is 11.9. The summed E-state index contributed by atoms with van der Waals surface area (Å²) >= 11 is 0. The zero-order chi connectivity index (χ0) is 13.6. The van der Waals surface area contributed by atoms with Crippen LogP contribution in [0.1, 0.15) is 55.7 Å². The summed E-state index contributed by atoms with van der Waals surface area (Å²) in [5.41, 5.74) is 8.92. The second-order valence-corrected chi connectivity index (χ2v) is 6.62. The molecule has 1 aromatic carbocycles. The first-order chi connectivity index (χ1) is 9.74. The van der Waals surface area contributed by atoms with Crippen molar-refractivity contribution in [3.63, 3.8) is 0 Å². The van der Waals surface area contributed by atoms with E-state index in [1.54, 1.807) is 0 Å². The van der Waals surface area contributed by atoms with Crippen molar-refractivity contribution in [2.45, 2.75) is 62.7 Å². The molecule has 1 heterocycles. The lowest BCUT2D eigenvalue weighted by Crippen LogP contribution is -2.48. The highest BCUT2D eigenvalue weighted by molar-refractivity contribution is 5.40. The second-order valence-electron chi connectivity index (χ2n) is 6.62. The van der Waals surface area contributed by atoms with Crippen LogP contribution in [0.25, 0.3) is 0 Å². The minimum Gasteiger partial charge on any atom is -0.490 e. The molecule has 2 N–H and O–H groups in total. The predicted octanol–water partition coefficient (Wildman–Crippen LogP) is 3.11. The number of nitrogens with two attached hydrogens (primary N) is 1. The van der Waals surface area contributed by atoms with Gasteiger partial charge in [-0.2, -0.15) is 0 Å². The fourth-order valence-corrected chi connectivity index (χ4v) is 3.90. The Kier molecular flexibility index (Phi) is 3.00. The lowest BCUT2D eigenvalue weighted by molar-refractivity contribution is -0.153. The van der Waals surface area contributed by atoms with Crippen molar-refractivity contribution in [3.05, 3.63) is 29.3 Å². The monoisotopic (exact) mass is 273 g/mol. The summed E-state index contributed by atoms with van der Waals surface area (Å²) in [6.07, 6.45) is 8.28. The standard InChI is InChI=1S/C17H23NO2/c18-16-5-2-12-10-13(3-4-15(12)16)20-14-6-9-19-17(11-14)7-1-8-17/h3-4,10,14,16H,1-2,5-9,11,18H2/t14?,16-/m0/s1. The molecule has 2 aliphatic carbocycles. The molecule has 1 aliphatic heterocycles. The Balaban J connectivity index is 1.46. The smallest absolute Gasteiger partial charge is 0.120 e. The van der Waals surface area contributed by atoms with Gasteiger partial charge in [0, 0.05) is 18.9 Å². The van der Waals surface area contributed by atoms with Gasteiger partial charge in [0.25, 0.3) is 0 Å². The van der Waals surface area contributed by atoms with Crippen molar-refractivity contribution in [3.8, 4) is 5.75 Å². The van der Waals surface area contributed by atoms with E-state index < -0.39 is 0 Å². The van der Waals surface area contributed by atoms with E-state index in [0.717, 1.165) is 38.0 Å². The Morgan fingerprint density at radius 1 is 1.25 bits per heavy atom. The molecule has 1 spiro atoms. The predicted molar refractivity (Wildman–Crippen MR) is 77.9 cm³/mol. The average Bonchev–Trinajstić information content (AvgIpc) is 2.79. The van der Waals surface area contributed by atoms with Gasteiger partial charge in [-0.05, 0) is 55.4 Å². The van der Waals surface area contributed by atoms with Crippen LogP contribution in [0.3, 0.4) is 0 Å². The number of hydrogen-bond acceptors (Lipinski definition) is 3. The van der Waals surface area contributed by atoms with Crippen LogP contribution >= 0.6 is 0 Å². The number of aryl methyl sites for hydroxylation is 1. The molecule has 0 amide bonds. The largest absolute Gasteiger partial charge is 0.490 e. The molecule has 3 aliphatic rings. The third-order valence-corrected chi connectivity index (χ3v) is 5.25. The SMILES string of the molecule is N[C@H]1CCc2cc(OC3CCOC4(CCC4)C3)ccc21. The van der Waals surface area contributed by atoms with Gasteiger partial charge >= 0.3 is 0 Å². The van der Waals surface area contributed by atoms with Crippen molar-refractivity contribution >= 4 is 0 Å². The number of benzene rings is 1. The van der Waals surface area contributed by atoms with Gasteiger partial charge < -0.3 is 15.2 Å². The Morgan fingerprint density at radius 2 is 2.15 bits per heavy atom. The number of rotatable bonds is 2. The van der Waals surface area contributed by atoms with E-state index in [-0.39, 0.29) is 11.6 Å². The average molecular weight is 273 g/mol. The lowest BCUT2D eigenvalue weighted by Gasteiger charge is -2.46. The summed E-state index contributed by atoms with van der Waals surface area (Å²) in [5.74, 6) is 1.01. The first-order valence-corrected chi connectivity index (χ1v) is 7.93. The maximum absolute atomic E-state index is 6.23. The minimum atomic E-state index is 0.155. The molecule has 0 aromatic heterocycles. The zero-order valence-corrected chi connectivity index (χ0v) is 11.9. The van der Waals surface area contributed by atoms with Crippen LogP contribution in [-0.4, -0.2) is 18.3 Å². The van der Waals surface area contributed by atoms with Crippen molar-refractivity contribution in [2.75, 3.05) is 6.61 Å². The van der Waals surface area contributed by atoms with Crippen LogP contribution in [-0.2, 0) is 11.2 Å². The molecule has 1 saturated heterocycles. The molecule has 1 unspecified atom stereocenters. The molecule has 1 aromatic rings. The molecule has 0 bridgehead atoms. The quantitative estimate of drug-likeness (QED) is 0.900. The maximum Gasteiger partial charge on any atom is 0.120 e. The van der Waals surface area contributed by atoms with Crippen LogP contribution < -0.4 is 10.5 Å². The normalized spacial score (nSPS) is 30.9. The van der Waals surface area contributed by atoms with E-state index in [4.69, 9.17) is 15.2 Å². The molecule has 2 fully saturated rings. The number of ether oxygens (including phenoxy) is 2. The minimum absolute atomic E-state index is 0.155. The van der Waals surface area contributed by atoms with Gasteiger partial charge in [0.15, 0.2) is 0 Å². The Labute approximate surface area is 120 Å². The fourth-order valence-electron chi connectivity index (χ4n) is 3.90. The van der Waals surface area contributed by atoms with Crippen molar-refractivity contribution in [1.29, 1.82) is 0 Å². The van der Waals surface area contributed by atoms with E-state index in [2.05, 4.69) is 18.2 Å². The van der Waals surface area contributed by atoms with E-state index in [1.165, 1.54) is 30.4 Å². The first kappa shape index (κ1) is 12.7. The fraction of sp³-hybridized carbons (Fsp3) is 0.647. The Hall–Kier alpha value is -1.06. The highest BCUT2D eigenvalue weighted by Gasteiger charge is 2.43. The van der Waals surface area contributed by atoms with Gasteiger partial charge in [-0.3, -0.25) is 0 Å². The Morgan fingerprint density at radius 3 is 2.95 bits per heavy atom. The molecule has 3 heteroatoms. The van der Waals surface area contributed by atoms with Gasteiger partial charge in [0.2, 0.25) is 0 Å². The highest BCUT2D eigenvalue weighted by Crippen LogP contribution is 2.43. The van der Waals surface area contributed by atoms with Crippen molar-refractivity contribution in [2.24, 2.45) is 5.73 Å². The summed E-state index contributed by atoms with van der Waals surface area (Å²) in [5, 5.41) is 0. The third kappa shape index (κ3) is 2.13. The van der Waals surface area contributed by atoms with Crippen LogP contribution in [0.15, 0.2) is 18.2 Å². The molecule has 0 radical (unpaired) electrons. The van der Waals surface area contributed by atoms with Crippen LogP contribution in [0.4, 0.5) is 0 Å². The van der Waals surface area contributed by atoms with Gasteiger partial charge in [-0.15, -0.1) is 0 Å². The van der Waals surface area contributed by atoms with Crippen LogP contribution in [0.2, 0.25) is 0 Å².